The number of hydrogen-bond acceptors (Lipinski definition) is 8. The fraction of sp³-hybridized carbons (Fsp3) is 0.818. The number of aliphatic hydroxyl groups is 3. The van der Waals surface area contributed by atoms with Crippen LogP contribution in [0.2, 0.25) is 0 Å². The van der Waals surface area contributed by atoms with Crippen LogP contribution < -0.4 is 11.1 Å². The number of aliphatic carboxylic acids is 1. The van der Waals surface area contributed by atoms with Crippen molar-refractivity contribution < 1.29 is 39.5 Å². The Morgan fingerprint density at radius 2 is 2.00 bits per heavy atom. The van der Waals surface area contributed by atoms with E-state index in [9.17, 15) is 19.8 Å². The molecule has 10 nitrogen and oxygen atoms in total. The Labute approximate surface area is 120 Å². The molecule has 21 heavy (non-hydrogen) atoms. The molecule has 0 aromatic heterocycles. The standard InChI is InChI=1S/C11H20N2O8/c1-4(15)13-7-9(17)8(16)6(2-14)21-11(7)20-3-5(12)10(18)19/h5-9,11,14,16-17H,2-3,12H2,1H3,(H,13,15)(H,18,19)/t5-,6+,7+,8-,9+,11-/m0/s1. The zero-order valence-electron chi connectivity index (χ0n) is 11.4. The van der Waals surface area contributed by atoms with Gasteiger partial charge in [0, 0.05) is 6.92 Å². The maximum atomic E-state index is 11.1. The van der Waals surface area contributed by atoms with E-state index in [0.717, 1.165) is 0 Å². The molecule has 1 fully saturated rings. The maximum absolute atomic E-state index is 11.1. The summed E-state index contributed by atoms with van der Waals surface area (Å²) in [7, 11) is 0. The van der Waals surface area contributed by atoms with Crippen LogP contribution in [0.15, 0.2) is 0 Å². The van der Waals surface area contributed by atoms with Gasteiger partial charge in [-0.1, -0.05) is 0 Å². The quantitative estimate of drug-likeness (QED) is 0.289. The van der Waals surface area contributed by atoms with Crippen LogP contribution in [-0.2, 0) is 19.1 Å². The van der Waals surface area contributed by atoms with Gasteiger partial charge in [-0.15, -0.1) is 0 Å². The number of carbonyl (C=O) groups excluding carboxylic acids is 1. The molecule has 7 N–H and O–H groups in total. The summed E-state index contributed by atoms with van der Waals surface area (Å²) in [6, 6.07) is -2.44. The van der Waals surface area contributed by atoms with Gasteiger partial charge in [0.25, 0.3) is 0 Å². The van der Waals surface area contributed by atoms with Crippen molar-refractivity contribution >= 4 is 11.9 Å². The molecule has 1 saturated heterocycles. The number of nitrogens with two attached hydrogens (primary N) is 1. The van der Waals surface area contributed by atoms with Crippen molar-refractivity contribution in [1.29, 1.82) is 0 Å². The molecule has 0 bridgehead atoms. The van der Waals surface area contributed by atoms with Gasteiger partial charge in [-0.25, -0.2) is 0 Å². The summed E-state index contributed by atoms with van der Waals surface area (Å²) >= 11 is 0. The minimum Gasteiger partial charge on any atom is -0.480 e. The highest BCUT2D eigenvalue weighted by Crippen LogP contribution is 2.22. The van der Waals surface area contributed by atoms with Crippen molar-refractivity contribution in [3.63, 3.8) is 0 Å². The maximum Gasteiger partial charge on any atom is 0.322 e. The first-order chi connectivity index (χ1) is 9.77. The normalized spacial score (nSPS) is 34.2. The number of hydrogen-bond donors (Lipinski definition) is 6. The lowest BCUT2D eigenvalue weighted by Crippen LogP contribution is -2.64. The molecule has 1 aliphatic heterocycles. The van der Waals surface area contributed by atoms with Gasteiger partial charge in [-0.2, -0.15) is 0 Å². The fourth-order valence-electron chi connectivity index (χ4n) is 1.88. The summed E-state index contributed by atoms with van der Waals surface area (Å²) in [5.74, 6) is -1.80. The molecule has 0 saturated carbocycles. The fourth-order valence-corrected chi connectivity index (χ4v) is 1.88. The van der Waals surface area contributed by atoms with Crippen molar-refractivity contribution in [1.82, 2.24) is 5.32 Å². The van der Waals surface area contributed by atoms with Crippen LogP contribution in [0.3, 0.4) is 0 Å². The number of amides is 1. The molecular weight excluding hydrogens is 288 g/mol. The van der Waals surface area contributed by atoms with Gasteiger partial charge < -0.3 is 41.0 Å². The van der Waals surface area contributed by atoms with E-state index in [1.807, 2.05) is 0 Å². The molecule has 0 aromatic rings. The predicted molar refractivity (Wildman–Crippen MR) is 66.9 cm³/mol. The average Bonchev–Trinajstić information content (AvgIpc) is 2.42. The Balaban J connectivity index is 2.78. The highest BCUT2D eigenvalue weighted by atomic mass is 16.7. The topological polar surface area (TPSA) is 172 Å². The summed E-state index contributed by atoms with van der Waals surface area (Å²) in [6.45, 7) is 0.171. The third-order valence-electron chi connectivity index (χ3n) is 3.01. The van der Waals surface area contributed by atoms with E-state index in [4.69, 9.17) is 25.4 Å². The van der Waals surface area contributed by atoms with Crippen molar-refractivity contribution in [2.24, 2.45) is 5.73 Å². The molecule has 0 aliphatic carbocycles. The van der Waals surface area contributed by atoms with Crippen LogP contribution in [0.5, 0.6) is 0 Å². The molecule has 1 amide bonds. The number of nitrogens with one attached hydrogen (secondary N) is 1. The number of ether oxygens (including phenoxy) is 2. The third kappa shape index (κ3) is 4.59. The molecule has 0 spiro atoms. The van der Waals surface area contributed by atoms with E-state index in [1.165, 1.54) is 6.92 Å². The Morgan fingerprint density at radius 1 is 1.38 bits per heavy atom. The van der Waals surface area contributed by atoms with E-state index in [0.29, 0.717) is 0 Å². The first-order valence-corrected chi connectivity index (χ1v) is 6.27. The van der Waals surface area contributed by atoms with Gasteiger partial charge in [0.15, 0.2) is 6.29 Å². The molecular formula is C11H20N2O8. The van der Waals surface area contributed by atoms with Crippen LogP contribution >= 0.6 is 0 Å². The van der Waals surface area contributed by atoms with Crippen molar-refractivity contribution in [2.75, 3.05) is 13.2 Å². The van der Waals surface area contributed by atoms with Crippen molar-refractivity contribution in [3.05, 3.63) is 0 Å². The number of carboxylic acids is 1. The summed E-state index contributed by atoms with van der Waals surface area (Å²) in [5, 5.41) is 39.8. The number of carbonyl (C=O) groups is 2. The molecule has 1 heterocycles. The van der Waals surface area contributed by atoms with Crippen molar-refractivity contribution in [3.8, 4) is 0 Å². The summed E-state index contributed by atoms with van der Waals surface area (Å²) in [4.78, 5) is 21.7. The Hall–Kier alpha value is -1.30. The van der Waals surface area contributed by atoms with Crippen LogP contribution in [0, 0.1) is 0 Å². The Kier molecular flexibility index (Phi) is 6.45. The zero-order chi connectivity index (χ0) is 16.2. The number of aliphatic hydroxyl groups excluding tert-OH is 3. The lowest BCUT2D eigenvalue weighted by molar-refractivity contribution is -0.270. The van der Waals surface area contributed by atoms with Gasteiger partial charge in [0.1, 0.15) is 30.4 Å². The number of rotatable bonds is 6. The average molecular weight is 308 g/mol. The van der Waals surface area contributed by atoms with E-state index < -0.39 is 61.8 Å². The monoisotopic (exact) mass is 308 g/mol. The summed E-state index contributed by atoms with van der Waals surface area (Å²) in [6.07, 6.45) is -5.27. The second kappa shape index (κ2) is 7.64. The largest absolute Gasteiger partial charge is 0.480 e. The first kappa shape index (κ1) is 17.8. The molecule has 1 rings (SSSR count). The smallest absolute Gasteiger partial charge is 0.322 e. The molecule has 0 radical (unpaired) electrons. The highest BCUT2D eigenvalue weighted by molar-refractivity contribution is 5.73. The highest BCUT2D eigenvalue weighted by Gasteiger charge is 2.45. The summed E-state index contributed by atoms with van der Waals surface area (Å²) in [5.41, 5.74) is 5.28. The Bertz CT molecular complexity index is 379. The van der Waals surface area contributed by atoms with Crippen LogP contribution in [0.25, 0.3) is 0 Å². The van der Waals surface area contributed by atoms with Gasteiger partial charge in [0.2, 0.25) is 5.91 Å². The Morgan fingerprint density at radius 3 is 2.48 bits per heavy atom. The minimum absolute atomic E-state index is 0.433. The lowest BCUT2D eigenvalue weighted by Gasteiger charge is -2.42. The van der Waals surface area contributed by atoms with Gasteiger partial charge in [0.05, 0.1) is 13.2 Å². The van der Waals surface area contributed by atoms with Crippen molar-refractivity contribution in [2.45, 2.75) is 43.6 Å². The van der Waals surface area contributed by atoms with Crippen LogP contribution in [-0.4, -0.2) is 82.2 Å². The van der Waals surface area contributed by atoms with E-state index in [2.05, 4.69) is 5.32 Å². The van der Waals surface area contributed by atoms with E-state index >= 15 is 0 Å². The molecule has 10 heteroatoms. The number of carboxylic acid groups (broad SMARTS) is 1. The van der Waals surface area contributed by atoms with E-state index in [-0.39, 0.29) is 0 Å². The van der Waals surface area contributed by atoms with Gasteiger partial charge >= 0.3 is 5.97 Å². The minimum atomic E-state index is -1.45. The van der Waals surface area contributed by atoms with Gasteiger partial charge in [-0.3, -0.25) is 9.59 Å². The zero-order valence-corrected chi connectivity index (χ0v) is 11.4. The third-order valence-corrected chi connectivity index (χ3v) is 3.01. The molecule has 0 unspecified atom stereocenters. The second-order valence-corrected chi connectivity index (χ2v) is 4.71. The molecule has 1 aliphatic rings. The van der Waals surface area contributed by atoms with Crippen LogP contribution in [0.1, 0.15) is 6.92 Å². The lowest BCUT2D eigenvalue weighted by atomic mass is 9.97. The first-order valence-electron chi connectivity index (χ1n) is 6.27. The molecule has 0 aromatic carbocycles. The second-order valence-electron chi connectivity index (χ2n) is 4.71. The van der Waals surface area contributed by atoms with Gasteiger partial charge in [-0.05, 0) is 0 Å². The predicted octanol–water partition coefficient (Wildman–Crippen LogP) is -3.64. The SMILES string of the molecule is CC(=O)N[C@H]1[C@@H](OC[C@H](N)C(=O)O)O[C@H](CO)[C@H](O)[C@@H]1O. The van der Waals surface area contributed by atoms with E-state index in [1.54, 1.807) is 0 Å². The summed E-state index contributed by atoms with van der Waals surface area (Å²) < 4.78 is 10.4. The van der Waals surface area contributed by atoms with Crippen LogP contribution in [0.4, 0.5) is 0 Å². The molecule has 6 atom stereocenters. The molecule has 122 valence electrons.